The average Bonchev–Trinajstić information content (AvgIpc) is 2.90. The molecule has 2 aromatic carbocycles. The van der Waals surface area contributed by atoms with Gasteiger partial charge >= 0.3 is 0 Å². The van der Waals surface area contributed by atoms with E-state index in [-0.39, 0.29) is 5.82 Å². The second kappa shape index (κ2) is 5.16. The van der Waals surface area contributed by atoms with Crippen molar-refractivity contribution in [2.75, 3.05) is 0 Å². The Balaban J connectivity index is 2.07. The number of hydrogen-bond donors (Lipinski definition) is 0. The third-order valence-corrected chi connectivity index (χ3v) is 4.14. The predicted octanol–water partition coefficient (Wildman–Crippen LogP) is 5.87. The van der Waals surface area contributed by atoms with E-state index in [9.17, 15) is 4.39 Å². The van der Waals surface area contributed by atoms with Crippen LogP contribution < -0.4 is 0 Å². The van der Waals surface area contributed by atoms with E-state index in [0.29, 0.717) is 0 Å². The van der Waals surface area contributed by atoms with E-state index in [1.54, 1.807) is 23.5 Å². The van der Waals surface area contributed by atoms with Gasteiger partial charge in [-0.05, 0) is 46.8 Å². The number of benzene rings is 2. The molecule has 1 aromatic heterocycles. The molecule has 0 aliphatic carbocycles. The van der Waals surface area contributed by atoms with Crippen molar-refractivity contribution in [3.05, 3.63) is 70.8 Å². The molecule has 1 heterocycles. The van der Waals surface area contributed by atoms with E-state index in [2.05, 4.69) is 6.07 Å². The summed E-state index contributed by atoms with van der Waals surface area (Å²) in [5.41, 5.74) is 3.26. The Morgan fingerprint density at radius 1 is 0.789 bits per heavy atom. The summed E-state index contributed by atoms with van der Waals surface area (Å²) in [6, 6.07) is 16.4. The van der Waals surface area contributed by atoms with Gasteiger partial charge < -0.3 is 0 Å². The molecule has 0 bridgehead atoms. The van der Waals surface area contributed by atoms with E-state index in [0.717, 1.165) is 21.7 Å². The van der Waals surface area contributed by atoms with Crippen molar-refractivity contribution in [2.24, 2.45) is 0 Å². The molecule has 94 valence electrons. The maximum Gasteiger partial charge on any atom is 0.123 e. The fraction of sp³-hybridized carbons (Fsp3) is 0. The van der Waals surface area contributed by atoms with E-state index < -0.39 is 0 Å². The zero-order valence-corrected chi connectivity index (χ0v) is 11.5. The van der Waals surface area contributed by atoms with Gasteiger partial charge in [-0.1, -0.05) is 35.9 Å². The Hall–Kier alpha value is -1.64. The van der Waals surface area contributed by atoms with Gasteiger partial charge in [0.15, 0.2) is 0 Å². The molecule has 0 aliphatic heterocycles. The molecule has 0 atom stereocenters. The number of hydrogen-bond acceptors (Lipinski definition) is 1. The normalized spacial score (nSPS) is 10.6. The molecule has 0 amide bonds. The first-order valence-electron chi connectivity index (χ1n) is 5.83. The summed E-state index contributed by atoms with van der Waals surface area (Å²) in [6.45, 7) is 0. The number of thiophene rings is 1. The van der Waals surface area contributed by atoms with Crippen LogP contribution in [0.25, 0.3) is 21.6 Å². The van der Waals surface area contributed by atoms with E-state index >= 15 is 0 Å². The van der Waals surface area contributed by atoms with Gasteiger partial charge in [0, 0.05) is 15.5 Å². The van der Waals surface area contributed by atoms with Crippen molar-refractivity contribution in [3.8, 4) is 21.6 Å². The molecule has 0 saturated heterocycles. The van der Waals surface area contributed by atoms with Crippen molar-refractivity contribution >= 4 is 22.9 Å². The Kier molecular flexibility index (Phi) is 3.36. The summed E-state index contributed by atoms with van der Waals surface area (Å²) in [5, 5.41) is 2.77. The predicted molar refractivity (Wildman–Crippen MR) is 80.2 cm³/mol. The number of halogens is 2. The zero-order valence-electron chi connectivity index (χ0n) is 9.94. The van der Waals surface area contributed by atoms with Crippen LogP contribution in [0, 0.1) is 5.82 Å². The van der Waals surface area contributed by atoms with Gasteiger partial charge in [-0.2, -0.15) is 0 Å². The summed E-state index contributed by atoms with van der Waals surface area (Å²) in [5.74, 6) is -0.216. The average molecular weight is 289 g/mol. The molecule has 0 unspecified atom stereocenters. The molecule has 19 heavy (non-hydrogen) atoms. The lowest BCUT2D eigenvalue weighted by molar-refractivity contribution is 0.628. The molecule has 0 spiro atoms. The van der Waals surface area contributed by atoms with Gasteiger partial charge in [0.2, 0.25) is 0 Å². The molecule has 0 saturated carbocycles. The van der Waals surface area contributed by atoms with E-state index in [1.165, 1.54) is 17.0 Å². The summed E-state index contributed by atoms with van der Waals surface area (Å²) in [7, 11) is 0. The van der Waals surface area contributed by atoms with Crippen molar-refractivity contribution in [3.63, 3.8) is 0 Å². The Morgan fingerprint density at radius 3 is 2.11 bits per heavy atom. The highest BCUT2D eigenvalue weighted by Gasteiger charge is 2.09. The fourth-order valence-electron chi connectivity index (χ4n) is 1.99. The largest absolute Gasteiger partial charge is 0.207 e. The van der Waals surface area contributed by atoms with E-state index in [4.69, 9.17) is 11.6 Å². The monoisotopic (exact) mass is 288 g/mol. The van der Waals surface area contributed by atoms with Crippen LogP contribution in [0.5, 0.6) is 0 Å². The fourth-order valence-corrected chi connectivity index (χ4v) is 3.04. The first-order valence-corrected chi connectivity index (χ1v) is 7.09. The van der Waals surface area contributed by atoms with Gasteiger partial charge in [0.05, 0.1) is 0 Å². The minimum atomic E-state index is -0.216. The second-order valence-electron chi connectivity index (χ2n) is 4.18. The van der Waals surface area contributed by atoms with Crippen LogP contribution in [-0.2, 0) is 0 Å². The molecule has 0 N–H and O–H groups in total. The minimum absolute atomic E-state index is 0.216. The third kappa shape index (κ3) is 2.55. The maximum atomic E-state index is 13.0. The third-order valence-electron chi connectivity index (χ3n) is 2.93. The lowest BCUT2D eigenvalue weighted by Gasteiger charge is -2.04. The lowest BCUT2D eigenvalue weighted by atomic mass is 10.0. The molecule has 3 rings (SSSR count). The SMILES string of the molecule is Fc1ccc(-c2ccsc2-c2ccc(Cl)cc2)cc1. The smallest absolute Gasteiger partial charge is 0.123 e. The van der Waals surface area contributed by atoms with Gasteiger partial charge in [-0.3, -0.25) is 0 Å². The Bertz CT molecular complexity index is 624. The Morgan fingerprint density at radius 2 is 1.42 bits per heavy atom. The Labute approximate surface area is 120 Å². The molecular formula is C16H10ClFS. The van der Waals surface area contributed by atoms with Gasteiger partial charge in [0.1, 0.15) is 5.82 Å². The molecule has 3 heteroatoms. The quantitative estimate of drug-likeness (QED) is 0.553. The van der Waals surface area contributed by atoms with Crippen LogP contribution >= 0.6 is 22.9 Å². The lowest BCUT2D eigenvalue weighted by Crippen LogP contribution is -1.80. The standard InChI is InChI=1S/C16H10ClFS/c17-13-5-1-12(2-6-13)16-15(9-10-19-16)11-3-7-14(18)8-4-11/h1-10H. The van der Waals surface area contributed by atoms with Crippen molar-refractivity contribution in [1.29, 1.82) is 0 Å². The minimum Gasteiger partial charge on any atom is -0.207 e. The molecule has 0 fully saturated rings. The van der Waals surface area contributed by atoms with Crippen LogP contribution in [0.15, 0.2) is 60.0 Å². The molecule has 0 nitrogen and oxygen atoms in total. The molecular weight excluding hydrogens is 279 g/mol. The van der Waals surface area contributed by atoms with Gasteiger partial charge in [0.25, 0.3) is 0 Å². The summed E-state index contributed by atoms with van der Waals surface area (Å²) < 4.78 is 13.0. The highest BCUT2D eigenvalue weighted by Crippen LogP contribution is 2.37. The van der Waals surface area contributed by atoms with Crippen molar-refractivity contribution in [2.45, 2.75) is 0 Å². The van der Waals surface area contributed by atoms with Crippen LogP contribution in [0.3, 0.4) is 0 Å². The highest BCUT2D eigenvalue weighted by molar-refractivity contribution is 7.14. The topological polar surface area (TPSA) is 0 Å². The van der Waals surface area contributed by atoms with Crippen LogP contribution in [0.2, 0.25) is 5.02 Å². The van der Waals surface area contributed by atoms with Crippen molar-refractivity contribution < 1.29 is 4.39 Å². The van der Waals surface area contributed by atoms with Crippen LogP contribution in [0.1, 0.15) is 0 Å². The molecule has 0 aliphatic rings. The van der Waals surface area contributed by atoms with E-state index in [1.807, 2.05) is 29.6 Å². The number of rotatable bonds is 2. The highest BCUT2D eigenvalue weighted by atomic mass is 35.5. The summed E-state index contributed by atoms with van der Waals surface area (Å²) in [6.07, 6.45) is 0. The summed E-state index contributed by atoms with van der Waals surface area (Å²) >= 11 is 7.58. The zero-order chi connectivity index (χ0) is 13.2. The first-order chi connectivity index (χ1) is 9.24. The van der Waals surface area contributed by atoms with Gasteiger partial charge in [-0.25, -0.2) is 4.39 Å². The summed E-state index contributed by atoms with van der Waals surface area (Å²) in [4.78, 5) is 1.17. The maximum absolute atomic E-state index is 13.0. The van der Waals surface area contributed by atoms with Crippen LogP contribution in [0.4, 0.5) is 4.39 Å². The van der Waals surface area contributed by atoms with Gasteiger partial charge in [-0.15, -0.1) is 11.3 Å². The first kappa shape index (κ1) is 12.4. The molecule has 0 radical (unpaired) electrons. The molecule has 3 aromatic rings. The second-order valence-corrected chi connectivity index (χ2v) is 5.53. The van der Waals surface area contributed by atoms with Crippen molar-refractivity contribution in [1.82, 2.24) is 0 Å². The van der Waals surface area contributed by atoms with Crippen LogP contribution in [-0.4, -0.2) is 0 Å².